The molecule has 0 saturated heterocycles. The van der Waals surface area contributed by atoms with E-state index in [-0.39, 0.29) is 0 Å². The predicted octanol–water partition coefficient (Wildman–Crippen LogP) is 3.82. The molecule has 1 nitrogen and oxygen atoms in total. The van der Waals surface area contributed by atoms with E-state index in [1.165, 1.54) is 44.9 Å². The Morgan fingerprint density at radius 2 is 1.81 bits per heavy atom. The van der Waals surface area contributed by atoms with Crippen LogP contribution < -0.4 is 5.73 Å². The fourth-order valence-corrected chi connectivity index (χ4v) is 5.21. The van der Waals surface area contributed by atoms with Crippen LogP contribution in [0.1, 0.15) is 58.8 Å². The highest BCUT2D eigenvalue weighted by Gasteiger charge is 2.45. The molecule has 0 aromatic heterocycles. The van der Waals surface area contributed by atoms with Crippen molar-refractivity contribution in [2.24, 2.45) is 17.6 Å². The van der Waals surface area contributed by atoms with Gasteiger partial charge >= 0.3 is 0 Å². The van der Waals surface area contributed by atoms with Crippen LogP contribution in [0, 0.1) is 11.8 Å². The first-order valence-corrected chi connectivity index (χ1v) is 7.91. The maximum atomic E-state index is 6.03. The van der Waals surface area contributed by atoms with E-state index in [0.717, 1.165) is 23.6 Å². The summed E-state index contributed by atoms with van der Waals surface area (Å²) in [4.78, 5) is 0. The van der Waals surface area contributed by atoms with Gasteiger partial charge in [0.25, 0.3) is 0 Å². The molecule has 0 bridgehead atoms. The molecule has 2 fully saturated rings. The Morgan fingerprint density at radius 3 is 2.31 bits per heavy atom. The Balaban J connectivity index is 1.82. The molecule has 0 aliphatic heterocycles. The van der Waals surface area contributed by atoms with Crippen LogP contribution >= 0.6 is 11.8 Å². The largest absolute Gasteiger partial charge is 0.329 e. The summed E-state index contributed by atoms with van der Waals surface area (Å²) in [6.07, 6.45) is 10.0. The van der Waals surface area contributed by atoms with Gasteiger partial charge in [0.2, 0.25) is 0 Å². The number of nitrogens with two attached hydrogens (primary N) is 1. The van der Waals surface area contributed by atoms with Gasteiger partial charge in [0.15, 0.2) is 0 Å². The Hall–Kier alpha value is 0.310. The molecule has 2 saturated carbocycles. The molecule has 0 radical (unpaired) electrons. The molecular weight excluding hydrogens is 214 g/mol. The van der Waals surface area contributed by atoms with Crippen molar-refractivity contribution in [2.45, 2.75) is 68.8 Å². The lowest BCUT2D eigenvalue weighted by Gasteiger charge is -2.50. The highest BCUT2D eigenvalue weighted by atomic mass is 32.2. The van der Waals surface area contributed by atoms with E-state index in [1.807, 2.05) is 0 Å². The van der Waals surface area contributed by atoms with Crippen LogP contribution in [0.15, 0.2) is 0 Å². The van der Waals surface area contributed by atoms with Gasteiger partial charge < -0.3 is 5.73 Å². The van der Waals surface area contributed by atoms with Gasteiger partial charge in [0.05, 0.1) is 0 Å². The van der Waals surface area contributed by atoms with Crippen LogP contribution in [0.4, 0.5) is 0 Å². The van der Waals surface area contributed by atoms with Gasteiger partial charge in [-0.25, -0.2) is 0 Å². The minimum absolute atomic E-state index is 0.469. The van der Waals surface area contributed by atoms with Crippen LogP contribution in [0.2, 0.25) is 0 Å². The quantitative estimate of drug-likeness (QED) is 0.810. The van der Waals surface area contributed by atoms with Crippen LogP contribution in [-0.2, 0) is 0 Å². The van der Waals surface area contributed by atoms with Gasteiger partial charge in [0, 0.05) is 16.5 Å². The molecule has 2 N–H and O–H groups in total. The first kappa shape index (κ1) is 12.8. The highest BCUT2D eigenvalue weighted by molar-refractivity contribution is 8.01. The summed E-state index contributed by atoms with van der Waals surface area (Å²) in [6, 6.07) is 0. The minimum atomic E-state index is 0.469. The molecule has 0 spiro atoms. The van der Waals surface area contributed by atoms with Crippen LogP contribution in [0.3, 0.4) is 0 Å². The number of rotatable bonds is 4. The van der Waals surface area contributed by atoms with Gasteiger partial charge in [-0.3, -0.25) is 0 Å². The predicted molar refractivity (Wildman–Crippen MR) is 73.8 cm³/mol. The third kappa shape index (κ3) is 2.76. The molecule has 0 atom stereocenters. The lowest BCUT2D eigenvalue weighted by atomic mass is 9.69. The molecule has 0 heterocycles. The van der Waals surface area contributed by atoms with E-state index >= 15 is 0 Å². The van der Waals surface area contributed by atoms with Crippen molar-refractivity contribution in [1.82, 2.24) is 0 Å². The molecule has 2 aliphatic carbocycles. The van der Waals surface area contributed by atoms with Crippen LogP contribution in [0.25, 0.3) is 0 Å². The minimum Gasteiger partial charge on any atom is -0.329 e. The lowest BCUT2D eigenvalue weighted by molar-refractivity contribution is 0.175. The van der Waals surface area contributed by atoms with Gasteiger partial charge in [0.1, 0.15) is 0 Å². The first-order valence-electron chi connectivity index (χ1n) is 7.03. The Morgan fingerprint density at radius 1 is 1.19 bits per heavy atom. The van der Waals surface area contributed by atoms with E-state index in [1.54, 1.807) is 0 Å². The van der Waals surface area contributed by atoms with Crippen molar-refractivity contribution >= 4 is 11.8 Å². The van der Waals surface area contributed by atoms with Gasteiger partial charge in [-0.1, -0.05) is 33.1 Å². The fraction of sp³-hybridized carbons (Fsp3) is 1.00. The molecular formula is C14H27NS. The Kier molecular flexibility index (Phi) is 4.23. The third-order valence-corrected chi connectivity index (χ3v) is 6.36. The van der Waals surface area contributed by atoms with Crippen molar-refractivity contribution < 1.29 is 0 Å². The van der Waals surface area contributed by atoms with Crippen molar-refractivity contribution in [3.63, 3.8) is 0 Å². The summed E-state index contributed by atoms with van der Waals surface area (Å²) in [6.45, 7) is 5.62. The standard InChI is InChI=1S/C14H27NS/c1-11(2)12-8-14(9-12,10-15)16-13-6-4-3-5-7-13/h11-13H,3-10,15H2,1-2H3. The Bertz CT molecular complexity index is 215. The maximum absolute atomic E-state index is 6.03. The van der Waals surface area contributed by atoms with Gasteiger partial charge in [-0.05, 0) is 37.5 Å². The molecule has 16 heavy (non-hydrogen) atoms. The van der Waals surface area contributed by atoms with Crippen molar-refractivity contribution in [3.05, 3.63) is 0 Å². The Labute approximate surface area is 105 Å². The zero-order valence-corrected chi connectivity index (χ0v) is 11.7. The highest BCUT2D eigenvalue weighted by Crippen LogP contribution is 2.53. The van der Waals surface area contributed by atoms with Crippen molar-refractivity contribution in [1.29, 1.82) is 0 Å². The molecule has 2 aliphatic rings. The number of hydrogen-bond acceptors (Lipinski definition) is 2. The van der Waals surface area contributed by atoms with Gasteiger partial charge in [-0.15, -0.1) is 0 Å². The summed E-state index contributed by atoms with van der Waals surface area (Å²) >= 11 is 2.25. The van der Waals surface area contributed by atoms with Crippen LogP contribution in [0.5, 0.6) is 0 Å². The SMILES string of the molecule is CC(C)C1CC(CN)(SC2CCCCC2)C1. The number of hydrogen-bond donors (Lipinski definition) is 1. The lowest BCUT2D eigenvalue weighted by Crippen LogP contribution is -2.49. The molecule has 2 rings (SSSR count). The van der Waals surface area contributed by atoms with Gasteiger partial charge in [-0.2, -0.15) is 11.8 Å². The summed E-state index contributed by atoms with van der Waals surface area (Å²) in [7, 11) is 0. The topological polar surface area (TPSA) is 26.0 Å². The van der Waals surface area contributed by atoms with E-state index in [0.29, 0.717) is 4.75 Å². The van der Waals surface area contributed by atoms with Crippen molar-refractivity contribution in [2.75, 3.05) is 6.54 Å². The summed E-state index contributed by atoms with van der Waals surface area (Å²) < 4.78 is 0.469. The van der Waals surface area contributed by atoms with E-state index in [2.05, 4.69) is 25.6 Å². The van der Waals surface area contributed by atoms with E-state index < -0.39 is 0 Å². The second-order valence-electron chi connectivity index (χ2n) is 6.18. The number of thioether (sulfide) groups is 1. The normalized spacial score (nSPS) is 36.4. The fourth-order valence-electron chi connectivity index (χ4n) is 3.21. The molecule has 0 aromatic carbocycles. The molecule has 2 heteroatoms. The van der Waals surface area contributed by atoms with Crippen LogP contribution in [-0.4, -0.2) is 16.5 Å². The van der Waals surface area contributed by atoms with Crippen molar-refractivity contribution in [3.8, 4) is 0 Å². The summed E-state index contributed by atoms with van der Waals surface area (Å²) in [5.41, 5.74) is 6.03. The summed E-state index contributed by atoms with van der Waals surface area (Å²) in [5, 5.41) is 0.922. The monoisotopic (exact) mass is 241 g/mol. The second kappa shape index (κ2) is 5.30. The molecule has 0 unspecified atom stereocenters. The average Bonchev–Trinajstić information content (AvgIpc) is 2.24. The zero-order chi connectivity index (χ0) is 11.6. The molecule has 94 valence electrons. The average molecular weight is 241 g/mol. The molecule has 0 amide bonds. The maximum Gasteiger partial charge on any atom is 0.0290 e. The molecule has 0 aromatic rings. The smallest absolute Gasteiger partial charge is 0.0290 e. The zero-order valence-electron chi connectivity index (χ0n) is 10.9. The van der Waals surface area contributed by atoms with E-state index in [4.69, 9.17) is 5.73 Å². The first-order chi connectivity index (χ1) is 7.65. The second-order valence-corrected chi connectivity index (χ2v) is 7.95. The van der Waals surface area contributed by atoms with E-state index in [9.17, 15) is 0 Å². The third-order valence-electron chi connectivity index (χ3n) is 4.55. The summed E-state index contributed by atoms with van der Waals surface area (Å²) in [5.74, 6) is 1.80.